The van der Waals surface area contributed by atoms with Crippen molar-refractivity contribution < 1.29 is 10.2 Å². The van der Waals surface area contributed by atoms with Gasteiger partial charge in [0.2, 0.25) is 0 Å². The molecule has 7 nitrogen and oxygen atoms in total. The van der Waals surface area contributed by atoms with Crippen molar-refractivity contribution in [3.63, 3.8) is 0 Å². The molecule has 1 atom stereocenters. The van der Waals surface area contributed by atoms with E-state index in [4.69, 9.17) is 0 Å². The molecule has 1 aromatic carbocycles. The molecule has 4 rings (SSSR count). The number of hydrogen-bond donors (Lipinski definition) is 3. The molecule has 0 aliphatic carbocycles. The molecule has 3 heterocycles. The summed E-state index contributed by atoms with van der Waals surface area (Å²) < 4.78 is 1.97. The van der Waals surface area contributed by atoms with Gasteiger partial charge in [-0.25, -0.2) is 9.97 Å². The molecule has 3 N–H and O–H groups in total. The Kier molecular flexibility index (Phi) is 5.14. The summed E-state index contributed by atoms with van der Waals surface area (Å²) in [6.45, 7) is 4.12. The summed E-state index contributed by atoms with van der Waals surface area (Å²) in [6.07, 6.45) is 6.30. The van der Waals surface area contributed by atoms with Gasteiger partial charge in [0, 0.05) is 34.6 Å². The highest BCUT2D eigenvalue weighted by atomic mass is 16.3. The fourth-order valence-electron chi connectivity index (χ4n) is 3.19. The SMILES string of the molecule is CC(C)CC=C(O)[C@@H](O)c1cnc2c(ccn2-c2cccc(-c3ncn[nH]3)c2)c1. The molecule has 3 aromatic heterocycles. The van der Waals surface area contributed by atoms with Crippen molar-refractivity contribution in [2.24, 2.45) is 5.92 Å². The number of aliphatic hydroxyl groups excluding tert-OH is 2. The van der Waals surface area contributed by atoms with Gasteiger partial charge in [0.25, 0.3) is 0 Å². The van der Waals surface area contributed by atoms with Crippen LogP contribution in [0.3, 0.4) is 0 Å². The third-order valence-corrected chi connectivity index (χ3v) is 4.75. The lowest BCUT2D eigenvalue weighted by molar-refractivity contribution is 0.154. The van der Waals surface area contributed by atoms with Crippen LogP contribution in [0.1, 0.15) is 31.9 Å². The predicted molar refractivity (Wildman–Crippen MR) is 112 cm³/mol. The summed E-state index contributed by atoms with van der Waals surface area (Å²) in [6, 6.07) is 11.7. The van der Waals surface area contributed by atoms with Gasteiger partial charge in [0.15, 0.2) is 5.82 Å². The van der Waals surface area contributed by atoms with Crippen molar-refractivity contribution in [2.75, 3.05) is 0 Å². The van der Waals surface area contributed by atoms with E-state index in [0.717, 1.165) is 22.3 Å². The van der Waals surface area contributed by atoms with Gasteiger partial charge < -0.3 is 14.8 Å². The van der Waals surface area contributed by atoms with Crippen molar-refractivity contribution in [3.8, 4) is 17.1 Å². The fourth-order valence-corrected chi connectivity index (χ4v) is 3.19. The number of aliphatic hydroxyl groups is 2. The topological polar surface area (TPSA) is 99.8 Å². The lowest BCUT2D eigenvalue weighted by Gasteiger charge is -2.12. The summed E-state index contributed by atoms with van der Waals surface area (Å²) in [5, 5.41) is 28.3. The van der Waals surface area contributed by atoms with Crippen molar-refractivity contribution >= 4 is 11.0 Å². The smallest absolute Gasteiger partial charge is 0.155 e. The van der Waals surface area contributed by atoms with Crippen molar-refractivity contribution in [3.05, 3.63) is 72.5 Å². The van der Waals surface area contributed by atoms with Crippen LogP contribution in [0.5, 0.6) is 0 Å². The molecule has 148 valence electrons. The molecule has 0 radical (unpaired) electrons. The summed E-state index contributed by atoms with van der Waals surface area (Å²) in [5.74, 6) is 1.07. The number of allylic oxidation sites excluding steroid dienone is 1. The third kappa shape index (κ3) is 3.90. The van der Waals surface area contributed by atoms with E-state index >= 15 is 0 Å². The largest absolute Gasteiger partial charge is 0.510 e. The zero-order valence-corrected chi connectivity index (χ0v) is 16.3. The first-order valence-electron chi connectivity index (χ1n) is 9.53. The van der Waals surface area contributed by atoms with Crippen LogP contribution in [0, 0.1) is 5.92 Å². The molecule has 0 bridgehead atoms. The fraction of sp³-hybridized carbons (Fsp3) is 0.227. The summed E-state index contributed by atoms with van der Waals surface area (Å²) in [5.41, 5.74) is 3.19. The zero-order valence-electron chi connectivity index (χ0n) is 16.3. The van der Waals surface area contributed by atoms with Crippen LogP contribution in [-0.2, 0) is 0 Å². The highest BCUT2D eigenvalue weighted by Crippen LogP contribution is 2.26. The first-order chi connectivity index (χ1) is 14.0. The van der Waals surface area contributed by atoms with E-state index in [0.29, 0.717) is 23.7 Å². The van der Waals surface area contributed by atoms with Crippen LogP contribution < -0.4 is 0 Å². The molecule has 0 spiro atoms. The van der Waals surface area contributed by atoms with Gasteiger partial charge in [0.05, 0.1) is 0 Å². The first kappa shape index (κ1) is 18.9. The van der Waals surface area contributed by atoms with E-state index < -0.39 is 6.10 Å². The number of hydrogen-bond acceptors (Lipinski definition) is 5. The number of benzene rings is 1. The number of aromatic nitrogens is 5. The minimum absolute atomic E-state index is 0.0426. The second-order valence-corrected chi connectivity index (χ2v) is 7.41. The minimum atomic E-state index is -1.08. The molecule has 7 heteroatoms. The standard InChI is InChI=1S/C22H23N5O2/c1-14(2)6-7-19(28)20(29)17-10-16-8-9-27(22(16)23-12-17)18-5-3-4-15(11-18)21-24-13-25-26-21/h3-5,7-14,20,28-29H,6H2,1-2H3,(H,24,25,26)/t20-/m0/s1. The van der Waals surface area contributed by atoms with E-state index in [1.165, 1.54) is 6.33 Å². The lowest BCUT2D eigenvalue weighted by Crippen LogP contribution is -2.03. The van der Waals surface area contributed by atoms with Crippen LogP contribution in [0.2, 0.25) is 0 Å². The van der Waals surface area contributed by atoms with E-state index in [1.54, 1.807) is 12.3 Å². The molecule has 4 aromatic rings. The number of fused-ring (bicyclic) bond motifs is 1. The average molecular weight is 389 g/mol. The van der Waals surface area contributed by atoms with E-state index in [9.17, 15) is 10.2 Å². The third-order valence-electron chi connectivity index (χ3n) is 4.75. The Labute approximate surface area is 168 Å². The number of H-pyrrole nitrogens is 1. The van der Waals surface area contributed by atoms with Crippen LogP contribution in [0.4, 0.5) is 0 Å². The number of nitrogens with one attached hydrogen (secondary N) is 1. The Morgan fingerprint density at radius 2 is 2.07 bits per heavy atom. The van der Waals surface area contributed by atoms with E-state index in [1.807, 2.05) is 47.2 Å². The van der Waals surface area contributed by atoms with Crippen LogP contribution in [0.25, 0.3) is 28.1 Å². The molecule has 0 fully saturated rings. The van der Waals surface area contributed by atoms with Crippen molar-refractivity contribution in [1.82, 2.24) is 24.7 Å². The Morgan fingerprint density at radius 1 is 1.21 bits per heavy atom. The van der Waals surface area contributed by atoms with E-state index in [-0.39, 0.29) is 5.76 Å². The van der Waals surface area contributed by atoms with Crippen molar-refractivity contribution in [2.45, 2.75) is 26.4 Å². The van der Waals surface area contributed by atoms with Gasteiger partial charge in [-0.05, 0) is 42.7 Å². The van der Waals surface area contributed by atoms with Gasteiger partial charge in [0.1, 0.15) is 23.8 Å². The summed E-state index contributed by atoms with van der Waals surface area (Å²) in [4.78, 5) is 8.73. The van der Waals surface area contributed by atoms with Gasteiger partial charge in [-0.2, -0.15) is 5.10 Å². The van der Waals surface area contributed by atoms with Gasteiger partial charge in [-0.1, -0.05) is 26.0 Å². The quantitative estimate of drug-likeness (QED) is 0.426. The van der Waals surface area contributed by atoms with Crippen molar-refractivity contribution in [1.29, 1.82) is 0 Å². The molecular weight excluding hydrogens is 366 g/mol. The maximum atomic E-state index is 10.4. The molecule has 0 unspecified atom stereocenters. The molecule has 0 aliphatic rings. The molecule has 29 heavy (non-hydrogen) atoms. The number of aromatic amines is 1. The van der Waals surface area contributed by atoms with Gasteiger partial charge in [-0.3, -0.25) is 5.10 Å². The maximum Gasteiger partial charge on any atom is 0.155 e. The molecule has 0 saturated heterocycles. The summed E-state index contributed by atoms with van der Waals surface area (Å²) in [7, 11) is 0. The predicted octanol–water partition coefficient (Wildman–Crippen LogP) is 4.33. The molecular formula is C22H23N5O2. The molecule has 0 aliphatic heterocycles. The Balaban J connectivity index is 1.66. The number of pyridine rings is 1. The summed E-state index contributed by atoms with van der Waals surface area (Å²) >= 11 is 0. The zero-order chi connectivity index (χ0) is 20.4. The maximum absolute atomic E-state index is 10.4. The normalized spacial score (nSPS) is 13.3. The minimum Gasteiger partial charge on any atom is -0.510 e. The second-order valence-electron chi connectivity index (χ2n) is 7.41. The number of rotatable bonds is 6. The second kappa shape index (κ2) is 7.89. The number of nitrogens with zero attached hydrogens (tertiary/aromatic N) is 4. The average Bonchev–Trinajstić information content (AvgIpc) is 3.41. The van der Waals surface area contributed by atoms with Crippen LogP contribution >= 0.6 is 0 Å². The Morgan fingerprint density at radius 3 is 2.83 bits per heavy atom. The van der Waals surface area contributed by atoms with Gasteiger partial charge in [-0.15, -0.1) is 0 Å². The van der Waals surface area contributed by atoms with E-state index in [2.05, 4.69) is 34.0 Å². The molecule has 0 saturated carbocycles. The van der Waals surface area contributed by atoms with Gasteiger partial charge >= 0.3 is 0 Å². The lowest BCUT2D eigenvalue weighted by atomic mass is 10.1. The Bertz CT molecular complexity index is 1150. The van der Waals surface area contributed by atoms with Crippen LogP contribution in [0.15, 0.2) is 67.0 Å². The Hall–Kier alpha value is -3.45. The van der Waals surface area contributed by atoms with Crippen LogP contribution in [-0.4, -0.2) is 34.9 Å². The molecule has 0 amide bonds. The first-order valence-corrected chi connectivity index (χ1v) is 9.53. The monoisotopic (exact) mass is 389 g/mol. The highest BCUT2D eigenvalue weighted by Gasteiger charge is 2.15. The highest BCUT2D eigenvalue weighted by molar-refractivity contribution is 5.79.